The quantitative estimate of drug-likeness (QED) is 0.777. The number of carbonyl (C=O) groups is 1. The average Bonchev–Trinajstić information content (AvgIpc) is 2.26. The highest BCUT2D eigenvalue weighted by Gasteiger charge is 2.24. The SMILES string of the molecule is [C-]#[N+]c1ccc(C(C)(C)C)nc1NC(=O)C(C)(C)C. The van der Waals surface area contributed by atoms with Gasteiger partial charge >= 0.3 is 0 Å². The third-order valence-corrected chi connectivity index (χ3v) is 2.68. The summed E-state index contributed by atoms with van der Waals surface area (Å²) in [6.45, 7) is 18.8. The number of nitrogens with one attached hydrogen (secondary N) is 1. The summed E-state index contributed by atoms with van der Waals surface area (Å²) in [6, 6.07) is 3.54. The molecule has 0 aliphatic carbocycles. The maximum absolute atomic E-state index is 12.0. The van der Waals surface area contributed by atoms with Crippen LogP contribution in [0.1, 0.15) is 47.2 Å². The topological polar surface area (TPSA) is 46.4 Å². The number of nitrogens with zero attached hydrogens (tertiary/aromatic N) is 2. The molecule has 1 amide bonds. The van der Waals surface area contributed by atoms with Gasteiger partial charge in [0, 0.05) is 16.5 Å². The molecule has 0 unspecified atom stereocenters. The first-order valence-electron chi connectivity index (χ1n) is 6.26. The maximum atomic E-state index is 12.0. The molecule has 102 valence electrons. The van der Waals surface area contributed by atoms with Crippen LogP contribution in [0, 0.1) is 12.0 Å². The van der Waals surface area contributed by atoms with E-state index in [9.17, 15) is 4.79 Å². The number of amides is 1. The van der Waals surface area contributed by atoms with Crippen LogP contribution in [0.25, 0.3) is 4.85 Å². The van der Waals surface area contributed by atoms with Crippen molar-refractivity contribution in [3.05, 3.63) is 29.2 Å². The summed E-state index contributed by atoms with van der Waals surface area (Å²) in [7, 11) is 0. The van der Waals surface area contributed by atoms with Crippen molar-refractivity contribution in [2.45, 2.75) is 47.0 Å². The third kappa shape index (κ3) is 3.78. The molecule has 0 aliphatic heterocycles. The van der Waals surface area contributed by atoms with Crippen LogP contribution >= 0.6 is 0 Å². The molecule has 1 N–H and O–H groups in total. The Bertz CT molecular complexity index is 528. The maximum Gasteiger partial charge on any atom is 0.229 e. The molecule has 0 aliphatic rings. The van der Waals surface area contributed by atoms with Crippen molar-refractivity contribution >= 4 is 17.4 Å². The molecule has 1 heterocycles. The highest BCUT2D eigenvalue weighted by Crippen LogP contribution is 2.29. The van der Waals surface area contributed by atoms with Crippen LogP contribution in [0.15, 0.2) is 12.1 Å². The Morgan fingerprint density at radius 3 is 2.21 bits per heavy atom. The van der Waals surface area contributed by atoms with E-state index in [1.165, 1.54) is 0 Å². The molecule has 1 aromatic rings. The molecule has 0 saturated heterocycles. The fraction of sp³-hybridized carbons (Fsp3) is 0.533. The number of hydrogen-bond acceptors (Lipinski definition) is 2. The molecular formula is C15H21N3O. The summed E-state index contributed by atoms with van der Waals surface area (Å²) < 4.78 is 0. The van der Waals surface area contributed by atoms with E-state index in [0.717, 1.165) is 5.69 Å². The van der Waals surface area contributed by atoms with Gasteiger partial charge in [0.05, 0.1) is 6.57 Å². The van der Waals surface area contributed by atoms with Gasteiger partial charge in [0.1, 0.15) is 5.82 Å². The lowest BCUT2D eigenvalue weighted by Crippen LogP contribution is -2.28. The minimum absolute atomic E-state index is 0.123. The summed E-state index contributed by atoms with van der Waals surface area (Å²) in [5.41, 5.74) is 0.579. The standard InChI is InChI=1S/C15H21N3O/c1-14(2,3)11-9-8-10(16-7)12(17-11)18-13(19)15(4,5)6/h8-9H,1-6H3,(H,17,18,19). The van der Waals surface area contributed by atoms with Gasteiger partial charge in [-0.2, -0.15) is 0 Å². The number of rotatable bonds is 1. The largest absolute Gasteiger partial charge is 0.319 e. The Kier molecular flexibility index (Phi) is 4.00. The average molecular weight is 259 g/mol. The summed E-state index contributed by atoms with van der Waals surface area (Å²) in [5, 5.41) is 2.75. The second kappa shape index (κ2) is 5.00. The van der Waals surface area contributed by atoms with Gasteiger partial charge in [0.25, 0.3) is 0 Å². The van der Waals surface area contributed by atoms with E-state index in [2.05, 4.69) is 15.1 Å². The fourth-order valence-electron chi connectivity index (χ4n) is 1.35. The Morgan fingerprint density at radius 2 is 1.79 bits per heavy atom. The van der Waals surface area contributed by atoms with E-state index in [1.54, 1.807) is 6.07 Å². The van der Waals surface area contributed by atoms with E-state index in [4.69, 9.17) is 6.57 Å². The molecule has 0 saturated carbocycles. The molecule has 0 spiro atoms. The molecule has 0 atom stereocenters. The number of carbonyl (C=O) groups excluding carboxylic acids is 1. The van der Waals surface area contributed by atoms with E-state index in [0.29, 0.717) is 11.5 Å². The van der Waals surface area contributed by atoms with Crippen LogP contribution in [0.3, 0.4) is 0 Å². The monoisotopic (exact) mass is 259 g/mol. The zero-order valence-corrected chi connectivity index (χ0v) is 12.5. The van der Waals surface area contributed by atoms with E-state index in [-0.39, 0.29) is 11.3 Å². The van der Waals surface area contributed by atoms with Crippen LogP contribution < -0.4 is 5.32 Å². The van der Waals surface area contributed by atoms with Gasteiger partial charge in [-0.15, -0.1) is 0 Å². The molecule has 1 rings (SSSR count). The van der Waals surface area contributed by atoms with E-state index in [1.807, 2.05) is 47.6 Å². The molecule has 0 fully saturated rings. The summed E-state index contributed by atoms with van der Waals surface area (Å²) in [6.07, 6.45) is 0. The normalized spacial score (nSPS) is 11.8. The van der Waals surface area contributed by atoms with E-state index >= 15 is 0 Å². The van der Waals surface area contributed by atoms with Gasteiger partial charge in [-0.25, -0.2) is 9.83 Å². The van der Waals surface area contributed by atoms with Gasteiger partial charge in [-0.05, 0) is 0 Å². The van der Waals surface area contributed by atoms with Crippen LogP contribution in [0.5, 0.6) is 0 Å². The summed E-state index contributed by atoms with van der Waals surface area (Å²) in [4.78, 5) is 19.8. The lowest BCUT2D eigenvalue weighted by molar-refractivity contribution is -0.123. The van der Waals surface area contributed by atoms with Crippen LogP contribution in [0.4, 0.5) is 11.5 Å². The van der Waals surface area contributed by atoms with Gasteiger partial charge in [0.2, 0.25) is 11.6 Å². The Labute approximate surface area is 115 Å². The first kappa shape index (κ1) is 15.2. The molecule has 4 nitrogen and oxygen atoms in total. The molecule has 1 aromatic heterocycles. The van der Waals surface area contributed by atoms with Gasteiger partial charge in [-0.3, -0.25) is 4.79 Å². The van der Waals surface area contributed by atoms with Crippen molar-refractivity contribution in [2.24, 2.45) is 5.41 Å². The zero-order valence-electron chi connectivity index (χ0n) is 12.5. The number of pyridine rings is 1. The Morgan fingerprint density at radius 1 is 1.21 bits per heavy atom. The lowest BCUT2D eigenvalue weighted by atomic mass is 9.91. The lowest BCUT2D eigenvalue weighted by Gasteiger charge is -2.21. The predicted molar refractivity (Wildman–Crippen MR) is 77.3 cm³/mol. The minimum Gasteiger partial charge on any atom is -0.319 e. The molecule has 0 aromatic carbocycles. The summed E-state index contributed by atoms with van der Waals surface area (Å²) in [5.74, 6) is 0.207. The smallest absolute Gasteiger partial charge is 0.229 e. The van der Waals surface area contributed by atoms with Crippen molar-refractivity contribution in [3.8, 4) is 0 Å². The molecule has 0 radical (unpaired) electrons. The van der Waals surface area contributed by atoms with Crippen molar-refractivity contribution in [1.82, 2.24) is 4.98 Å². The first-order valence-corrected chi connectivity index (χ1v) is 6.26. The van der Waals surface area contributed by atoms with Gasteiger partial charge in [-0.1, -0.05) is 53.7 Å². The molecule has 19 heavy (non-hydrogen) atoms. The molecule has 0 bridgehead atoms. The first-order chi connectivity index (χ1) is 8.55. The van der Waals surface area contributed by atoms with Crippen molar-refractivity contribution in [3.63, 3.8) is 0 Å². The highest BCUT2D eigenvalue weighted by molar-refractivity contribution is 5.96. The van der Waals surface area contributed by atoms with Crippen LogP contribution in [-0.4, -0.2) is 10.9 Å². The fourth-order valence-corrected chi connectivity index (χ4v) is 1.35. The minimum atomic E-state index is -0.515. The second-order valence-corrected chi connectivity index (χ2v) is 6.63. The summed E-state index contributed by atoms with van der Waals surface area (Å²) >= 11 is 0. The van der Waals surface area contributed by atoms with E-state index < -0.39 is 5.41 Å². The molecule has 4 heteroatoms. The second-order valence-electron chi connectivity index (χ2n) is 6.63. The predicted octanol–water partition coefficient (Wildman–Crippen LogP) is 3.91. The van der Waals surface area contributed by atoms with Gasteiger partial charge in [0.15, 0.2) is 0 Å². The van der Waals surface area contributed by atoms with Crippen LogP contribution in [-0.2, 0) is 10.2 Å². The van der Waals surface area contributed by atoms with Gasteiger partial charge < -0.3 is 5.32 Å². The number of aromatic nitrogens is 1. The third-order valence-electron chi connectivity index (χ3n) is 2.68. The van der Waals surface area contributed by atoms with Crippen molar-refractivity contribution in [2.75, 3.05) is 5.32 Å². The Hall–Kier alpha value is -1.89. The van der Waals surface area contributed by atoms with Crippen molar-refractivity contribution in [1.29, 1.82) is 0 Å². The number of hydrogen-bond donors (Lipinski definition) is 1. The highest BCUT2D eigenvalue weighted by atomic mass is 16.2. The van der Waals surface area contributed by atoms with Crippen molar-refractivity contribution < 1.29 is 4.79 Å². The Balaban J connectivity index is 3.19. The molecular weight excluding hydrogens is 238 g/mol. The zero-order chi connectivity index (χ0) is 14.8. The number of anilines is 1. The van der Waals surface area contributed by atoms with Crippen LogP contribution in [0.2, 0.25) is 0 Å².